The summed E-state index contributed by atoms with van der Waals surface area (Å²) >= 11 is 0. The van der Waals surface area contributed by atoms with Crippen molar-refractivity contribution in [2.24, 2.45) is 23.7 Å². The maximum atomic E-state index is 14.7. The van der Waals surface area contributed by atoms with Crippen LogP contribution in [-0.2, 0) is 47.5 Å². The second kappa shape index (κ2) is 12.5. The Labute approximate surface area is 317 Å². The molecule has 2 N–H and O–H groups in total. The molecule has 0 spiro atoms. The Hall–Kier alpha value is -3.95. The zero-order chi connectivity index (χ0) is 37.1. The third-order valence-electron chi connectivity index (χ3n) is 15.7. The summed E-state index contributed by atoms with van der Waals surface area (Å²) in [5.41, 5.74) is 5.19. The van der Waals surface area contributed by atoms with E-state index in [1.54, 1.807) is 0 Å². The molecule has 8 heterocycles. The van der Waals surface area contributed by atoms with Gasteiger partial charge >= 0.3 is 11.9 Å². The van der Waals surface area contributed by atoms with Crippen LogP contribution < -0.4 is 0 Å². The number of ketones is 1. The second-order valence-corrected chi connectivity index (χ2v) is 17.7. The van der Waals surface area contributed by atoms with Gasteiger partial charge in [-0.15, -0.1) is 0 Å². The first-order valence-corrected chi connectivity index (χ1v) is 20.7. The number of hydrogen-bond donors (Lipinski definition) is 2. The van der Waals surface area contributed by atoms with Crippen LogP contribution in [0.2, 0.25) is 0 Å². The number of nitrogens with zero attached hydrogens (tertiary/aromatic N) is 2. The van der Waals surface area contributed by atoms with Gasteiger partial charge in [0, 0.05) is 83.3 Å². The number of Topliss-reactive ketones (excluding diaryl/α,β-unsaturated/α-hetero) is 1. The number of hydrogen-bond acceptors (Lipinski definition) is 7. The van der Waals surface area contributed by atoms with E-state index in [1.807, 2.05) is 0 Å². The number of H-pyrrole nitrogens is 2. The largest absolute Gasteiger partial charge is 0.468 e. The zero-order valence-electron chi connectivity index (χ0n) is 32.2. The van der Waals surface area contributed by atoms with Crippen molar-refractivity contribution in [3.63, 3.8) is 0 Å². The molecule has 2 saturated carbocycles. The molecule has 2 aromatic heterocycles. The van der Waals surface area contributed by atoms with E-state index < -0.39 is 10.8 Å². The molecule has 0 amide bonds. The van der Waals surface area contributed by atoms with Crippen LogP contribution in [0, 0.1) is 23.7 Å². The first-order chi connectivity index (χ1) is 26.3. The van der Waals surface area contributed by atoms with E-state index in [-0.39, 0.29) is 47.9 Å². The monoisotopic (exact) mass is 730 g/mol. The van der Waals surface area contributed by atoms with Crippen molar-refractivity contribution in [2.75, 3.05) is 27.3 Å². The molecule has 284 valence electrons. The predicted molar refractivity (Wildman–Crippen MR) is 207 cm³/mol. The third kappa shape index (κ3) is 4.48. The Balaban J connectivity index is 0.973. The van der Waals surface area contributed by atoms with Crippen LogP contribution in [0.1, 0.15) is 87.7 Å². The van der Waals surface area contributed by atoms with Crippen molar-refractivity contribution in [3.8, 4) is 0 Å². The summed E-state index contributed by atoms with van der Waals surface area (Å²) in [5, 5.41) is 2.39. The number of piperidine rings is 4. The van der Waals surface area contributed by atoms with Gasteiger partial charge in [0.15, 0.2) is 0 Å². The van der Waals surface area contributed by atoms with Crippen LogP contribution in [0.25, 0.3) is 21.8 Å². The fraction of sp³-hybridized carbons (Fsp3) is 0.578. The fourth-order valence-corrected chi connectivity index (χ4v) is 13.9. The molecule has 8 bridgehead atoms. The Kier molecular flexibility index (Phi) is 8.02. The van der Waals surface area contributed by atoms with Crippen LogP contribution in [-0.4, -0.2) is 89.0 Å². The highest BCUT2D eigenvalue weighted by molar-refractivity contribution is 5.93. The Morgan fingerprint density at radius 1 is 0.685 bits per heavy atom. The minimum Gasteiger partial charge on any atom is -0.468 e. The van der Waals surface area contributed by atoms with Gasteiger partial charge in [0.25, 0.3) is 0 Å². The van der Waals surface area contributed by atoms with Crippen molar-refractivity contribution in [1.29, 1.82) is 0 Å². The van der Waals surface area contributed by atoms with E-state index in [1.165, 1.54) is 36.1 Å². The average molecular weight is 731 g/mol. The minimum absolute atomic E-state index is 0.0156. The Morgan fingerprint density at radius 2 is 1.11 bits per heavy atom. The number of methoxy groups -OCH3 is 2. The number of aromatic nitrogens is 2. The molecule has 12 atom stereocenters. The number of nitrogens with one attached hydrogen (secondary N) is 2. The summed E-state index contributed by atoms with van der Waals surface area (Å²) < 4.78 is 11.4. The summed E-state index contributed by atoms with van der Waals surface area (Å²) in [5.74, 6) is 1.17. The number of carbonyl (C=O) groups excluding carboxylic acids is 3. The highest BCUT2D eigenvalue weighted by Crippen LogP contribution is 2.60. The second-order valence-electron chi connectivity index (χ2n) is 17.7. The standard InChI is InChI=1S/C45H54N4O5/c1-5-25-19-27-23-44(42(51)53-3)38-32(30-11-7-9-13-34(30)46-38)15-17-48(40(25)44)36(27)21-29(50)22-37-28-20-26(6-2)41-45(24-28,43(52)54-4)39-33(16-18-49(37)41)31-12-8-10-14-35(31)47-39/h7-14,25-28,36-37,40-41,46-47H,5-6,15-24H2,1-4H3/t25-,26-,27+,28+,36?,37?,40-,41-,44+,45+/m0/s1. The number of ether oxygens (including phenoxy) is 2. The number of carbonyl (C=O) groups is 3. The van der Waals surface area contributed by atoms with Crippen LogP contribution in [0.15, 0.2) is 48.5 Å². The Morgan fingerprint density at radius 3 is 1.52 bits per heavy atom. The topological polar surface area (TPSA) is 108 Å². The van der Waals surface area contributed by atoms with E-state index in [4.69, 9.17) is 9.47 Å². The lowest BCUT2D eigenvalue weighted by Gasteiger charge is -2.62. The number of rotatable bonds is 8. The molecule has 54 heavy (non-hydrogen) atoms. The normalized spacial score (nSPS) is 37.3. The van der Waals surface area contributed by atoms with Crippen LogP contribution in [0.5, 0.6) is 0 Å². The molecule has 6 fully saturated rings. The molecule has 6 aliphatic heterocycles. The number of fused-ring (bicyclic) bond motifs is 8. The van der Waals surface area contributed by atoms with E-state index >= 15 is 0 Å². The van der Waals surface area contributed by atoms with E-state index in [9.17, 15) is 14.4 Å². The molecule has 9 heteroatoms. The average Bonchev–Trinajstić information content (AvgIpc) is 3.71. The van der Waals surface area contributed by atoms with Crippen molar-refractivity contribution in [3.05, 3.63) is 71.0 Å². The number of aromatic amines is 2. The lowest BCUT2D eigenvalue weighted by atomic mass is 9.53. The molecular weight excluding hydrogens is 677 g/mol. The molecule has 2 aliphatic carbocycles. The van der Waals surface area contributed by atoms with Gasteiger partial charge in [-0.25, -0.2) is 0 Å². The smallest absolute Gasteiger partial charge is 0.319 e. The van der Waals surface area contributed by atoms with Gasteiger partial charge < -0.3 is 19.4 Å². The van der Waals surface area contributed by atoms with Gasteiger partial charge in [0.05, 0.1) is 14.2 Å². The zero-order valence-corrected chi connectivity index (χ0v) is 32.2. The first kappa shape index (κ1) is 34.5. The first-order valence-electron chi connectivity index (χ1n) is 20.7. The van der Waals surface area contributed by atoms with E-state index in [0.717, 1.165) is 74.0 Å². The quantitative estimate of drug-likeness (QED) is 0.197. The molecule has 0 radical (unpaired) electrons. The van der Waals surface area contributed by atoms with Crippen molar-refractivity contribution in [2.45, 2.75) is 113 Å². The van der Waals surface area contributed by atoms with Gasteiger partial charge in [-0.05, 0) is 85.5 Å². The van der Waals surface area contributed by atoms with Gasteiger partial charge in [-0.1, -0.05) is 63.1 Å². The molecular formula is C45H54N4O5. The number of esters is 2. The van der Waals surface area contributed by atoms with Crippen molar-refractivity contribution >= 4 is 39.5 Å². The summed E-state index contributed by atoms with van der Waals surface area (Å²) in [6.07, 6.45) is 8.17. The molecule has 4 aromatic rings. The molecule has 2 aromatic carbocycles. The molecule has 4 saturated heterocycles. The van der Waals surface area contributed by atoms with Crippen molar-refractivity contribution < 1.29 is 23.9 Å². The minimum atomic E-state index is -0.774. The van der Waals surface area contributed by atoms with Crippen LogP contribution in [0.3, 0.4) is 0 Å². The third-order valence-corrected chi connectivity index (χ3v) is 15.7. The van der Waals surface area contributed by atoms with Crippen LogP contribution in [0.4, 0.5) is 0 Å². The lowest BCUT2D eigenvalue weighted by molar-refractivity contribution is -0.170. The molecule has 8 aliphatic rings. The maximum absolute atomic E-state index is 14.7. The number of benzene rings is 2. The summed E-state index contributed by atoms with van der Waals surface area (Å²) in [6.45, 7) is 6.17. The van der Waals surface area contributed by atoms with E-state index in [0.29, 0.717) is 43.3 Å². The van der Waals surface area contributed by atoms with Gasteiger partial charge in [0.1, 0.15) is 16.6 Å². The summed E-state index contributed by atoms with van der Waals surface area (Å²) in [6, 6.07) is 17.0. The van der Waals surface area contributed by atoms with Gasteiger partial charge in [-0.2, -0.15) is 0 Å². The Bertz CT molecular complexity index is 2020. The highest BCUT2D eigenvalue weighted by atomic mass is 16.5. The van der Waals surface area contributed by atoms with Crippen molar-refractivity contribution in [1.82, 2.24) is 19.8 Å². The van der Waals surface area contributed by atoms with Gasteiger partial charge in [-0.3, -0.25) is 24.2 Å². The SMILES string of the molecule is CC[C@H]1C[C@@H]2C[C@@]3(C(=O)OC)c4[nH]c5ccccc5c4CCN(C2CC(=O)CC2[C@@H]4C[C@H](CC)[C@@H]5N2CCc2c([nH]c6ccccc26)[C@]5(C(=O)OC)C4)[C@@H]13. The summed E-state index contributed by atoms with van der Waals surface area (Å²) in [7, 11) is 3.08. The van der Waals surface area contributed by atoms with E-state index in [2.05, 4.69) is 82.1 Å². The summed E-state index contributed by atoms with van der Waals surface area (Å²) in [4.78, 5) is 55.9. The maximum Gasteiger partial charge on any atom is 0.319 e. The highest BCUT2D eigenvalue weighted by Gasteiger charge is 2.67. The molecule has 12 rings (SSSR count). The number of para-hydroxylation sites is 2. The molecule has 9 nitrogen and oxygen atoms in total. The fourth-order valence-electron chi connectivity index (χ4n) is 13.9. The van der Waals surface area contributed by atoms with Crippen LogP contribution >= 0.6 is 0 Å². The van der Waals surface area contributed by atoms with Gasteiger partial charge in [0.2, 0.25) is 0 Å². The predicted octanol–water partition coefficient (Wildman–Crippen LogP) is 6.61. The molecule has 4 unspecified atom stereocenters. The lowest BCUT2D eigenvalue weighted by Crippen LogP contribution is -2.71.